The van der Waals surface area contributed by atoms with E-state index in [0.29, 0.717) is 6.04 Å². The summed E-state index contributed by atoms with van der Waals surface area (Å²) in [7, 11) is 2.02. The van der Waals surface area contributed by atoms with Crippen molar-refractivity contribution in [3.05, 3.63) is 11.9 Å². The third-order valence-corrected chi connectivity index (χ3v) is 2.77. The molecule has 0 fully saturated rings. The second-order valence-corrected chi connectivity index (χ2v) is 4.63. The molecule has 1 rings (SSSR count). The fourth-order valence-electron chi connectivity index (χ4n) is 1.34. The molecule has 1 aromatic heterocycles. The van der Waals surface area contributed by atoms with Crippen molar-refractivity contribution in [1.29, 1.82) is 0 Å². The van der Waals surface area contributed by atoms with Gasteiger partial charge >= 0.3 is 0 Å². The van der Waals surface area contributed by atoms with Crippen LogP contribution < -0.4 is 5.32 Å². The standard InChI is InChI=1S/C10H19N3S/c1-8(5-6-14-4)11-10-12-9(2)7-13(10)3/h7-8H,5-6H2,1-4H3,(H,11,12). The molecule has 1 unspecified atom stereocenters. The van der Waals surface area contributed by atoms with Gasteiger partial charge in [0, 0.05) is 19.3 Å². The molecule has 4 heteroatoms. The van der Waals surface area contributed by atoms with Crippen LogP contribution in [0.1, 0.15) is 19.0 Å². The van der Waals surface area contributed by atoms with E-state index in [1.807, 2.05) is 36.5 Å². The molecule has 0 amide bonds. The van der Waals surface area contributed by atoms with Gasteiger partial charge in [-0.1, -0.05) is 0 Å². The molecule has 0 aliphatic rings. The van der Waals surface area contributed by atoms with E-state index in [4.69, 9.17) is 0 Å². The Morgan fingerprint density at radius 2 is 2.36 bits per heavy atom. The fourth-order valence-corrected chi connectivity index (χ4v) is 1.93. The summed E-state index contributed by atoms with van der Waals surface area (Å²) in [5, 5.41) is 3.40. The van der Waals surface area contributed by atoms with E-state index in [0.717, 1.165) is 11.6 Å². The summed E-state index contributed by atoms with van der Waals surface area (Å²) >= 11 is 1.88. The van der Waals surface area contributed by atoms with Crippen LogP contribution in [-0.4, -0.2) is 27.6 Å². The fraction of sp³-hybridized carbons (Fsp3) is 0.700. The van der Waals surface area contributed by atoms with Crippen molar-refractivity contribution in [3.8, 4) is 0 Å². The first-order valence-corrected chi connectivity index (χ1v) is 6.28. The van der Waals surface area contributed by atoms with Crippen LogP contribution in [0.2, 0.25) is 0 Å². The van der Waals surface area contributed by atoms with Crippen LogP contribution in [0.15, 0.2) is 6.20 Å². The van der Waals surface area contributed by atoms with Gasteiger partial charge in [0.2, 0.25) is 5.95 Å². The number of hydrogen-bond donors (Lipinski definition) is 1. The molecule has 1 aromatic rings. The summed E-state index contributed by atoms with van der Waals surface area (Å²) in [5.41, 5.74) is 1.06. The van der Waals surface area contributed by atoms with Crippen molar-refractivity contribution in [1.82, 2.24) is 9.55 Å². The molecule has 3 nitrogen and oxygen atoms in total. The van der Waals surface area contributed by atoms with Gasteiger partial charge in [0.1, 0.15) is 0 Å². The Morgan fingerprint density at radius 3 is 2.86 bits per heavy atom. The minimum atomic E-state index is 0.489. The van der Waals surface area contributed by atoms with Gasteiger partial charge in [-0.3, -0.25) is 0 Å². The second kappa shape index (κ2) is 5.29. The zero-order chi connectivity index (χ0) is 10.6. The molecule has 0 bridgehead atoms. The molecule has 0 saturated carbocycles. The Kier molecular flexibility index (Phi) is 4.32. The van der Waals surface area contributed by atoms with Gasteiger partial charge in [0.15, 0.2) is 0 Å². The lowest BCUT2D eigenvalue weighted by Gasteiger charge is -2.13. The quantitative estimate of drug-likeness (QED) is 0.814. The first-order valence-electron chi connectivity index (χ1n) is 4.89. The van der Waals surface area contributed by atoms with Gasteiger partial charge in [-0.25, -0.2) is 4.98 Å². The number of nitrogens with one attached hydrogen (secondary N) is 1. The van der Waals surface area contributed by atoms with Gasteiger partial charge in [-0.15, -0.1) is 0 Å². The van der Waals surface area contributed by atoms with E-state index < -0.39 is 0 Å². The summed E-state index contributed by atoms with van der Waals surface area (Å²) < 4.78 is 2.03. The summed E-state index contributed by atoms with van der Waals surface area (Å²) in [5.74, 6) is 2.16. The molecule has 14 heavy (non-hydrogen) atoms. The van der Waals surface area contributed by atoms with Crippen molar-refractivity contribution in [2.75, 3.05) is 17.3 Å². The zero-order valence-electron chi connectivity index (χ0n) is 9.37. The molecule has 0 radical (unpaired) electrons. The van der Waals surface area contributed by atoms with Gasteiger partial charge in [-0.05, 0) is 32.3 Å². The second-order valence-electron chi connectivity index (χ2n) is 3.64. The van der Waals surface area contributed by atoms with Crippen molar-refractivity contribution in [3.63, 3.8) is 0 Å². The van der Waals surface area contributed by atoms with Crippen molar-refractivity contribution in [2.24, 2.45) is 7.05 Å². The summed E-state index contributed by atoms with van der Waals surface area (Å²) in [6.45, 7) is 4.21. The first kappa shape index (κ1) is 11.4. The molecule has 0 aromatic carbocycles. The lowest BCUT2D eigenvalue weighted by atomic mass is 10.3. The van der Waals surface area contributed by atoms with Gasteiger partial charge in [-0.2, -0.15) is 11.8 Å². The normalized spacial score (nSPS) is 12.9. The molecular weight excluding hydrogens is 194 g/mol. The number of aryl methyl sites for hydroxylation is 2. The predicted molar refractivity (Wildman–Crippen MR) is 64.0 cm³/mol. The summed E-state index contributed by atoms with van der Waals surface area (Å²) in [4.78, 5) is 4.40. The number of anilines is 1. The van der Waals surface area contributed by atoms with Crippen LogP contribution in [0, 0.1) is 6.92 Å². The highest BCUT2D eigenvalue weighted by atomic mass is 32.2. The van der Waals surface area contributed by atoms with E-state index in [9.17, 15) is 0 Å². The van der Waals surface area contributed by atoms with Crippen molar-refractivity contribution in [2.45, 2.75) is 26.3 Å². The van der Waals surface area contributed by atoms with Crippen LogP contribution in [0.4, 0.5) is 5.95 Å². The molecule has 1 N–H and O–H groups in total. The monoisotopic (exact) mass is 213 g/mol. The van der Waals surface area contributed by atoms with E-state index in [2.05, 4.69) is 23.5 Å². The number of rotatable bonds is 5. The smallest absolute Gasteiger partial charge is 0.202 e. The molecular formula is C10H19N3S. The summed E-state index contributed by atoms with van der Waals surface area (Å²) in [6.07, 6.45) is 5.34. The van der Waals surface area contributed by atoms with Gasteiger partial charge in [0.25, 0.3) is 0 Å². The van der Waals surface area contributed by atoms with E-state index in [1.54, 1.807) is 0 Å². The highest BCUT2D eigenvalue weighted by Crippen LogP contribution is 2.09. The Bertz CT molecular complexity index is 283. The number of nitrogens with zero attached hydrogens (tertiary/aromatic N) is 2. The number of imidazole rings is 1. The van der Waals surface area contributed by atoms with E-state index in [-0.39, 0.29) is 0 Å². The average molecular weight is 213 g/mol. The van der Waals surface area contributed by atoms with Crippen LogP contribution in [0.5, 0.6) is 0 Å². The largest absolute Gasteiger partial charge is 0.353 e. The molecule has 0 saturated heterocycles. The Hall–Kier alpha value is -0.640. The van der Waals surface area contributed by atoms with E-state index >= 15 is 0 Å². The van der Waals surface area contributed by atoms with Gasteiger partial charge < -0.3 is 9.88 Å². The molecule has 80 valence electrons. The van der Waals surface area contributed by atoms with E-state index in [1.165, 1.54) is 12.2 Å². The minimum Gasteiger partial charge on any atom is -0.353 e. The highest BCUT2D eigenvalue weighted by molar-refractivity contribution is 7.98. The third kappa shape index (κ3) is 3.25. The Balaban J connectivity index is 2.47. The Morgan fingerprint density at radius 1 is 1.64 bits per heavy atom. The van der Waals surface area contributed by atoms with Crippen LogP contribution in [-0.2, 0) is 7.05 Å². The number of thioether (sulfide) groups is 1. The molecule has 0 aliphatic heterocycles. The zero-order valence-corrected chi connectivity index (χ0v) is 10.2. The van der Waals surface area contributed by atoms with Crippen molar-refractivity contribution < 1.29 is 0 Å². The molecule has 0 spiro atoms. The third-order valence-electron chi connectivity index (χ3n) is 2.13. The lowest BCUT2D eigenvalue weighted by molar-refractivity contribution is 0.747. The molecule has 1 atom stereocenters. The average Bonchev–Trinajstić information content (AvgIpc) is 2.42. The van der Waals surface area contributed by atoms with Crippen LogP contribution in [0.25, 0.3) is 0 Å². The van der Waals surface area contributed by atoms with Gasteiger partial charge in [0.05, 0.1) is 5.69 Å². The lowest BCUT2D eigenvalue weighted by Crippen LogP contribution is -2.18. The number of hydrogen-bond acceptors (Lipinski definition) is 3. The maximum Gasteiger partial charge on any atom is 0.202 e. The SMILES string of the molecule is CSCCC(C)Nc1nc(C)cn1C. The predicted octanol–water partition coefficient (Wildman–Crippen LogP) is 2.28. The highest BCUT2D eigenvalue weighted by Gasteiger charge is 2.05. The van der Waals surface area contributed by atoms with Crippen molar-refractivity contribution >= 4 is 17.7 Å². The number of aromatic nitrogens is 2. The van der Waals surface area contributed by atoms with Crippen LogP contribution >= 0.6 is 11.8 Å². The summed E-state index contributed by atoms with van der Waals surface area (Å²) in [6, 6.07) is 0.489. The Labute approximate surface area is 90.3 Å². The molecule has 1 heterocycles. The molecule has 0 aliphatic carbocycles. The van der Waals surface area contributed by atoms with Crippen LogP contribution in [0.3, 0.4) is 0 Å². The minimum absolute atomic E-state index is 0.489. The maximum atomic E-state index is 4.40. The first-order chi connectivity index (χ1) is 6.63. The maximum absolute atomic E-state index is 4.40. The topological polar surface area (TPSA) is 29.9 Å².